The van der Waals surface area contributed by atoms with E-state index in [1.807, 2.05) is 37.3 Å². The van der Waals surface area contributed by atoms with Crippen LogP contribution in [0.25, 0.3) is 0 Å². The van der Waals surface area contributed by atoms with Gasteiger partial charge in [-0.15, -0.1) is 11.6 Å². The van der Waals surface area contributed by atoms with Gasteiger partial charge in [-0.05, 0) is 12.5 Å². The van der Waals surface area contributed by atoms with Crippen LogP contribution in [0.2, 0.25) is 0 Å². The van der Waals surface area contributed by atoms with E-state index in [9.17, 15) is 0 Å². The van der Waals surface area contributed by atoms with Crippen LogP contribution in [0.15, 0.2) is 42.5 Å². The van der Waals surface area contributed by atoms with Crippen LogP contribution in [0.5, 0.6) is 0 Å². The monoisotopic (exact) mass is 210 g/mol. The van der Waals surface area contributed by atoms with Crippen molar-refractivity contribution in [2.45, 2.75) is 13.0 Å². The van der Waals surface area contributed by atoms with Crippen molar-refractivity contribution in [1.82, 2.24) is 0 Å². The summed E-state index contributed by atoms with van der Waals surface area (Å²) in [5.74, 6) is 0.545. The molecule has 0 aliphatic heterocycles. The van der Waals surface area contributed by atoms with Gasteiger partial charge in [-0.2, -0.15) is 0 Å². The van der Waals surface area contributed by atoms with Crippen molar-refractivity contribution in [2.24, 2.45) is 0 Å². The van der Waals surface area contributed by atoms with E-state index in [1.165, 1.54) is 5.56 Å². The SMILES string of the molecule is CC(OCC=CCCl)c1ccccc1. The molecule has 1 unspecified atom stereocenters. The van der Waals surface area contributed by atoms with Gasteiger partial charge in [0.05, 0.1) is 12.7 Å². The largest absolute Gasteiger partial charge is 0.370 e. The summed E-state index contributed by atoms with van der Waals surface area (Å²) in [6, 6.07) is 10.2. The summed E-state index contributed by atoms with van der Waals surface area (Å²) in [5.41, 5.74) is 1.20. The van der Waals surface area contributed by atoms with Crippen molar-refractivity contribution >= 4 is 11.6 Å². The average molecular weight is 211 g/mol. The Morgan fingerprint density at radius 3 is 2.64 bits per heavy atom. The second-order valence-corrected chi connectivity index (χ2v) is 3.32. The van der Waals surface area contributed by atoms with E-state index in [0.717, 1.165) is 0 Å². The molecule has 0 amide bonds. The lowest BCUT2D eigenvalue weighted by Gasteiger charge is -2.11. The standard InChI is InChI=1S/C12H15ClO/c1-11(14-10-6-5-9-13)12-7-3-2-4-8-12/h2-8,11H,9-10H2,1H3. The van der Waals surface area contributed by atoms with Gasteiger partial charge in [-0.3, -0.25) is 0 Å². The van der Waals surface area contributed by atoms with Crippen LogP contribution >= 0.6 is 11.6 Å². The molecule has 1 atom stereocenters. The first-order valence-electron chi connectivity index (χ1n) is 4.72. The minimum absolute atomic E-state index is 0.135. The Bertz CT molecular complexity index is 269. The number of hydrogen-bond donors (Lipinski definition) is 0. The Kier molecular flexibility index (Phi) is 5.35. The molecule has 0 N–H and O–H groups in total. The van der Waals surface area contributed by atoms with Crippen molar-refractivity contribution < 1.29 is 4.74 Å². The van der Waals surface area contributed by atoms with Crippen LogP contribution in [0.3, 0.4) is 0 Å². The Labute approximate surface area is 90.3 Å². The third-order valence-corrected chi connectivity index (χ3v) is 2.15. The summed E-state index contributed by atoms with van der Waals surface area (Å²) in [6.45, 7) is 2.66. The fraction of sp³-hybridized carbons (Fsp3) is 0.333. The number of benzene rings is 1. The van der Waals surface area contributed by atoms with E-state index in [2.05, 4.69) is 12.1 Å². The molecule has 0 saturated carbocycles. The first kappa shape index (κ1) is 11.3. The van der Waals surface area contributed by atoms with Gasteiger partial charge < -0.3 is 4.74 Å². The topological polar surface area (TPSA) is 9.23 Å². The molecule has 76 valence electrons. The lowest BCUT2D eigenvalue weighted by molar-refractivity contribution is 0.0886. The van der Waals surface area contributed by atoms with E-state index in [4.69, 9.17) is 16.3 Å². The van der Waals surface area contributed by atoms with E-state index < -0.39 is 0 Å². The first-order chi connectivity index (χ1) is 6.84. The van der Waals surface area contributed by atoms with Crippen molar-refractivity contribution in [3.8, 4) is 0 Å². The second kappa shape index (κ2) is 6.63. The Balaban J connectivity index is 2.36. The lowest BCUT2D eigenvalue weighted by Crippen LogP contribution is -1.99. The van der Waals surface area contributed by atoms with Crippen LogP contribution in [0, 0.1) is 0 Å². The molecule has 1 nitrogen and oxygen atoms in total. The summed E-state index contributed by atoms with van der Waals surface area (Å²) >= 11 is 5.49. The van der Waals surface area contributed by atoms with Crippen molar-refractivity contribution in [3.63, 3.8) is 0 Å². The average Bonchev–Trinajstić information content (AvgIpc) is 2.25. The first-order valence-corrected chi connectivity index (χ1v) is 5.25. The summed E-state index contributed by atoms with van der Waals surface area (Å²) in [6.07, 6.45) is 3.96. The van der Waals surface area contributed by atoms with E-state index in [-0.39, 0.29) is 6.10 Å². The molecule has 0 spiro atoms. The normalized spacial score (nSPS) is 13.3. The maximum atomic E-state index is 5.58. The van der Waals surface area contributed by atoms with E-state index >= 15 is 0 Å². The lowest BCUT2D eigenvalue weighted by atomic mass is 10.1. The Hall–Kier alpha value is -0.790. The third kappa shape index (κ3) is 3.95. The highest BCUT2D eigenvalue weighted by atomic mass is 35.5. The fourth-order valence-electron chi connectivity index (χ4n) is 1.15. The van der Waals surface area contributed by atoms with Crippen LogP contribution in [-0.2, 0) is 4.74 Å². The molecule has 0 aromatic heterocycles. The van der Waals surface area contributed by atoms with Gasteiger partial charge in [0, 0.05) is 5.88 Å². The Morgan fingerprint density at radius 2 is 2.00 bits per heavy atom. The molecular formula is C12H15ClO. The molecule has 1 aromatic carbocycles. The zero-order chi connectivity index (χ0) is 10.2. The van der Waals surface area contributed by atoms with Crippen molar-refractivity contribution in [1.29, 1.82) is 0 Å². The summed E-state index contributed by atoms with van der Waals surface area (Å²) < 4.78 is 5.58. The minimum Gasteiger partial charge on any atom is -0.370 e. The fourth-order valence-corrected chi connectivity index (χ4v) is 1.28. The van der Waals surface area contributed by atoms with Gasteiger partial charge >= 0.3 is 0 Å². The highest BCUT2D eigenvalue weighted by Gasteiger charge is 2.02. The molecule has 14 heavy (non-hydrogen) atoms. The number of alkyl halides is 1. The second-order valence-electron chi connectivity index (χ2n) is 3.01. The summed E-state index contributed by atoms with van der Waals surface area (Å²) in [7, 11) is 0. The summed E-state index contributed by atoms with van der Waals surface area (Å²) in [5, 5.41) is 0. The molecule has 0 radical (unpaired) electrons. The maximum absolute atomic E-state index is 5.58. The zero-order valence-corrected chi connectivity index (χ0v) is 9.08. The molecule has 1 aromatic rings. The van der Waals surface area contributed by atoms with Gasteiger partial charge in [0.1, 0.15) is 0 Å². The smallest absolute Gasteiger partial charge is 0.0801 e. The molecule has 0 aliphatic rings. The van der Waals surface area contributed by atoms with Gasteiger partial charge in [0.15, 0.2) is 0 Å². The molecule has 0 aliphatic carbocycles. The Morgan fingerprint density at radius 1 is 1.29 bits per heavy atom. The highest BCUT2D eigenvalue weighted by molar-refractivity contribution is 6.18. The molecule has 0 fully saturated rings. The van der Waals surface area contributed by atoms with E-state index in [0.29, 0.717) is 12.5 Å². The molecule has 0 saturated heterocycles. The van der Waals surface area contributed by atoms with Gasteiger partial charge in [-0.1, -0.05) is 42.5 Å². The number of rotatable bonds is 5. The zero-order valence-electron chi connectivity index (χ0n) is 8.32. The number of ether oxygens (including phenoxy) is 1. The van der Waals surface area contributed by atoms with Crippen LogP contribution < -0.4 is 0 Å². The quantitative estimate of drug-likeness (QED) is 0.534. The molecule has 0 bridgehead atoms. The number of allylic oxidation sites excluding steroid dienone is 1. The van der Waals surface area contributed by atoms with Gasteiger partial charge in [-0.25, -0.2) is 0 Å². The van der Waals surface area contributed by atoms with Gasteiger partial charge in [0.25, 0.3) is 0 Å². The summed E-state index contributed by atoms with van der Waals surface area (Å²) in [4.78, 5) is 0. The highest BCUT2D eigenvalue weighted by Crippen LogP contribution is 2.15. The van der Waals surface area contributed by atoms with Crippen molar-refractivity contribution in [3.05, 3.63) is 48.0 Å². The third-order valence-electron chi connectivity index (χ3n) is 1.97. The van der Waals surface area contributed by atoms with Crippen LogP contribution in [0.1, 0.15) is 18.6 Å². The number of hydrogen-bond acceptors (Lipinski definition) is 1. The van der Waals surface area contributed by atoms with E-state index in [1.54, 1.807) is 0 Å². The number of halogens is 1. The van der Waals surface area contributed by atoms with Crippen LogP contribution in [0.4, 0.5) is 0 Å². The molecule has 0 heterocycles. The van der Waals surface area contributed by atoms with Gasteiger partial charge in [0.2, 0.25) is 0 Å². The predicted molar refractivity (Wildman–Crippen MR) is 60.7 cm³/mol. The molecule has 2 heteroatoms. The van der Waals surface area contributed by atoms with Crippen molar-refractivity contribution in [2.75, 3.05) is 12.5 Å². The van der Waals surface area contributed by atoms with Crippen LogP contribution in [-0.4, -0.2) is 12.5 Å². The molecule has 1 rings (SSSR count). The maximum Gasteiger partial charge on any atom is 0.0801 e. The molecular weight excluding hydrogens is 196 g/mol. The predicted octanol–water partition coefficient (Wildman–Crippen LogP) is 3.56. The minimum atomic E-state index is 0.135.